The van der Waals surface area contributed by atoms with Crippen molar-refractivity contribution in [3.8, 4) is 11.8 Å². The number of nitrogens with zero attached hydrogens (tertiary/aromatic N) is 1. The van der Waals surface area contributed by atoms with E-state index in [0.29, 0.717) is 0 Å². The van der Waals surface area contributed by atoms with E-state index in [2.05, 4.69) is 55.5 Å². The van der Waals surface area contributed by atoms with Crippen LogP contribution in [0.25, 0.3) is 0 Å². The summed E-state index contributed by atoms with van der Waals surface area (Å²) in [4.78, 5) is 2.15. The van der Waals surface area contributed by atoms with Gasteiger partial charge in [0.15, 0.2) is 0 Å². The van der Waals surface area contributed by atoms with E-state index in [-0.39, 0.29) is 0 Å². The Balaban J connectivity index is 2.38. The fourth-order valence-corrected chi connectivity index (χ4v) is 2.04. The van der Waals surface area contributed by atoms with Gasteiger partial charge in [-0.25, -0.2) is 0 Å². The molecule has 0 saturated carbocycles. The van der Waals surface area contributed by atoms with Crippen molar-refractivity contribution in [3.63, 3.8) is 0 Å². The number of likely N-dealkylation sites (N-methyl/N-ethyl adjacent to an activating group) is 1. The van der Waals surface area contributed by atoms with Crippen molar-refractivity contribution in [2.45, 2.75) is 6.92 Å². The van der Waals surface area contributed by atoms with E-state index in [1.165, 1.54) is 5.56 Å². The maximum atomic E-state index is 3.79. The molecule has 0 saturated heterocycles. The van der Waals surface area contributed by atoms with Gasteiger partial charge in [-0.2, -0.15) is 0 Å². The van der Waals surface area contributed by atoms with E-state index in [0.717, 1.165) is 23.4 Å². The summed E-state index contributed by atoms with van der Waals surface area (Å²) < 4.78 is 0. The molecule has 0 amide bonds. The average Bonchev–Trinajstić information content (AvgIpc) is 2.46. The maximum absolute atomic E-state index is 3.79. The highest BCUT2D eigenvalue weighted by atomic mass is 15.1. The normalized spacial score (nSPS) is 9.50. The number of benzene rings is 2. The Morgan fingerprint density at radius 2 is 1.85 bits per heavy atom. The van der Waals surface area contributed by atoms with Gasteiger partial charge in [0.1, 0.15) is 0 Å². The molecule has 0 bridgehead atoms. The van der Waals surface area contributed by atoms with Crippen molar-refractivity contribution >= 4 is 5.69 Å². The minimum Gasteiger partial charge on any atom is -0.370 e. The van der Waals surface area contributed by atoms with Crippen molar-refractivity contribution in [2.75, 3.05) is 18.5 Å². The van der Waals surface area contributed by atoms with Gasteiger partial charge in [0.25, 0.3) is 0 Å². The Kier molecular flexibility index (Phi) is 4.63. The Morgan fingerprint density at radius 3 is 2.55 bits per heavy atom. The molecule has 0 atom stereocenters. The summed E-state index contributed by atoms with van der Waals surface area (Å²) in [7, 11) is 2.06. The van der Waals surface area contributed by atoms with Crippen LogP contribution >= 0.6 is 0 Å². The van der Waals surface area contributed by atoms with Gasteiger partial charge in [0.05, 0.1) is 5.69 Å². The first kappa shape index (κ1) is 14.0. The fourth-order valence-electron chi connectivity index (χ4n) is 2.04. The molecule has 0 heterocycles. The molecule has 1 heteroatoms. The van der Waals surface area contributed by atoms with Gasteiger partial charge in [0.2, 0.25) is 0 Å². The molecule has 1 nitrogen and oxygen atoms in total. The Morgan fingerprint density at radius 1 is 1.10 bits per heavy atom. The van der Waals surface area contributed by atoms with Crippen LogP contribution in [-0.4, -0.2) is 13.6 Å². The highest BCUT2D eigenvalue weighted by molar-refractivity contribution is 5.62. The van der Waals surface area contributed by atoms with Gasteiger partial charge in [0, 0.05) is 24.7 Å². The maximum Gasteiger partial charge on any atom is 0.0525 e. The van der Waals surface area contributed by atoms with Crippen LogP contribution in [0.15, 0.2) is 61.2 Å². The third-order valence-electron chi connectivity index (χ3n) is 3.08. The number of rotatable bonds is 3. The fraction of sp³-hybridized carbons (Fsp3) is 0.158. The van der Waals surface area contributed by atoms with Crippen LogP contribution in [0.3, 0.4) is 0 Å². The molecule has 2 aromatic carbocycles. The first-order valence-electron chi connectivity index (χ1n) is 6.70. The van der Waals surface area contributed by atoms with Gasteiger partial charge in [-0.1, -0.05) is 42.2 Å². The molecule has 20 heavy (non-hydrogen) atoms. The zero-order valence-corrected chi connectivity index (χ0v) is 12.1. The summed E-state index contributed by atoms with van der Waals surface area (Å²) >= 11 is 0. The van der Waals surface area contributed by atoms with Gasteiger partial charge in [-0.15, -0.1) is 6.58 Å². The third kappa shape index (κ3) is 3.52. The monoisotopic (exact) mass is 261 g/mol. The minimum atomic E-state index is 0.809. The van der Waals surface area contributed by atoms with Crippen molar-refractivity contribution in [2.24, 2.45) is 0 Å². The van der Waals surface area contributed by atoms with Gasteiger partial charge >= 0.3 is 0 Å². The third-order valence-corrected chi connectivity index (χ3v) is 3.08. The molecule has 0 unspecified atom stereocenters. The summed E-state index contributed by atoms with van der Waals surface area (Å²) in [5.41, 5.74) is 4.45. The second-order valence-corrected chi connectivity index (χ2v) is 4.81. The largest absolute Gasteiger partial charge is 0.370 e. The zero-order valence-electron chi connectivity index (χ0n) is 12.1. The second kappa shape index (κ2) is 6.63. The van der Waals surface area contributed by atoms with Crippen LogP contribution in [0.1, 0.15) is 16.7 Å². The number of hydrogen-bond acceptors (Lipinski definition) is 1. The van der Waals surface area contributed by atoms with E-state index < -0.39 is 0 Å². The lowest BCUT2D eigenvalue weighted by molar-refractivity contribution is 1.03. The number of hydrogen-bond donors (Lipinski definition) is 0. The van der Waals surface area contributed by atoms with Gasteiger partial charge in [-0.3, -0.25) is 0 Å². The quantitative estimate of drug-likeness (QED) is 0.596. The van der Waals surface area contributed by atoms with Crippen LogP contribution in [-0.2, 0) is 0 Å². The van der Waals surface area contributed by atoms with Crippen LogP contribution in [0.4, 0.5) is 5.69 Å². The lowest BCUT2D eigenvalue weighted by Gasteiger charge is -2.19. The first-order chi connectivity index (χ1) is 9.70. The molecule has 0 fully saturated rings. The Bertz CT molecular complexity index is 644. The molecule has 100 valence electrons. The number of aryl methyl sites for hydroxylation is 1. The molecule has 0 aromatic heterocycles. The Hall–Kier alpha value is -2.46. The first-order valence-corrected chi connectivity index (χ1v) is 6.70. The zero-order chi connectivity index (χ0) is 14.4. The van der Waals surface area contributed by atoms with Crippen molar-refractivity contribution in [3.05, 3.63) is 77.9 Å². The average molecular weight is 261 g/mol. The summed E-state index contributed by atoms with van der Waals surface area (Å²) in [5.74, 6) is 6.51. The van der Waals surface area contributed by atoms with Crippen LogP contribution in [0.5, 0.6) is 0 Å². The summed E-state index contributed by atoms with van der Waals surface area (Å²) in [6.45, 7) is 6.69. The molecule has 0 radical (unpaired) electrons. The van der Waals surface area contributed by atoms with Crippen molar-refractivity contribution in [1.82, 2.24) is 0 Å². The number of anilines is 1. The van der Waals surface area contributed by atoms with Crippen molar-refractivity contribution < 1.29 is 0 Å². The van der Waals surface area contributed by atoms with Crippen LogP contribution in [0.2, 0.25) is 0 Å². The van der Waals surface area contributed by atoms with Crippen LogP contribution < -0.4 is 4.90 Å². The van der Waals surface area contributed by atoms with E-state index >= 15 is 0 Å². The van der Waals surface area contributed by atoms with Crippen LogP contribution in [0, 0.1) is 18.8 Å². The molecule has 0 aliphatic heterocycles. The molecule has 0 aliphatic carbocycles. The van der Waals surface area contributed by atoms with E-state index in [9.17, 15) is 0 Å². The standard InChI is InChI=1S/C19H19N/c1-4-14-20(3)19-13-10-16(2)15-18(19)12-11-17-8-6-5-7-9-17/h4-10,13,15H,1,14H2,2-3H3. The lowest BCUT2D eigenvalue weighted by atomic mass is 10.1. The van der Waals surface area contributed by atoms with E-state index in [1.54, 1.807) is 0 Å². The predicted octanol–water partition coefficient (Wildman–Crippen LogP) is 4.02. The predicted molar refractivity (Wildman–Crippen MR) is 87.1 cm³/mol. The summed E-state index contributed by atoms with van der Waals surface area (Å²) in [5, 5.41) is 0. The highest BCUT2D eigenvalue weighted by Gasteiger charge is 2.04. The molecule has 2 rings (SSSR count). The molecular weight excluding hydrogens is 242 g/mol. The van der Waals surface area contributed by atoms with E-state index in [4.69, 9.17) is 0 Å². The molecule has 0 spiro atoms. The van der Waals surface area contributed by atoms with Gasteiger partial charge < -0.3 is 4.90 Å². The molecule has 0 aliphatic rings. The second-order valence-electron chi connectivity index (χ2n) is 4.81. The highest BCUT2D eigenvalue weighted by Crippen LogP contribution is 2.20. The summed E-state index contributed by atoms with van der Waals surface area (Å²) in [6.07, 6.45) is 1.90. The summed E-state index contributed by atoms with van der Waals surface area (Å²) in [6, 6.07) is 16.4. The van der Waals surface area contributed by atoms with Crippen molar-refractivity contribution in [1.29, 1.82) is 0 Å². The van der Waals surface area contributed by atoms with Gasteiger partial charge in [-0.05, 0) is 36.8 Å². The SMILES string of the molecule is C=CCN(C)c1ccc(C)cc1C#Cc1ccccc1. The lowest BCUT2D eigenvalue weighted by Crippen LogP contribution is -2.17. The topological polar surface area (TPSA) is 3.24 Å². The minimum absolute atomic E-state index is 0.809. The Labute approximate surface area is 121 Å². The van der Waals surface area contributed by atoms with E-state index in [1.807, 2.05) is 36.4 Å². The molecular formula is C19H19N. The molecule has 2 aromatic rings. The molecule has 0 N–H and O–H groups in total. The smallest absolute Gasteiger partial charge is 0.0525 e.